The number of hydrogen-bond acceptors (Lipinski definition) is 3. The number of benzene rings is 1. The molecule has 2 aliphatic rings. The number of nitrogens with two attached hydrogens (primary N) is 2. The standard InChI is InChI=1S/C17H22ClN3O2.ClH/c18-12-3-1-2-9(7-12)13(8-14(19)22)21-17(23)15-10-4-5-11(6-10)16(15)20;/h1-3,7,10-11,13,15-16H,4-6,8,20H2,(H2,19,22)(H,21,23);1H/t10?,11?,13-,15?,16?;/m1./s1. The number of rotatable bonds is 5. The van der Waals surface area contributed by atoms with Crippen LogP contribution in [0.25, 0.3) is 0 Å². The van der Waals surface area contributed by atoms with Crippen LogP contribution >= 0.6 is 24.0 Å². The molecule has 0 spiro atoms. The second kappa shape index (κ2) is 7.72. The first-order chi connectivity index (χ1) is 11.0. The molecule has 24 heavy (non-hydrogen) atoms. The first-order valence-corrected chi connectivity index (χ1v) is 8.43. The van der Waals surface area contributed by atoms with E-state index in [1.165, 1.54) is 0 Å². The Labute approximate surface area is 152 Å². The minimum Gasteiger partial charge on any atom is -0.370 e. The van der Waals surface area contributed by atoms with Crippen LogP contribution in [0.3, 0.4) is 0 Å². The van der Waals surface area contributed by atoms with Crippen LogP contribution in [0.1, 0.15) is 37.3 Å². The number of amides is 2. The van der Waals surface area contributed by atoms with Crippen LogP contribution in [0, 0.1) is 17.8 Å². The summed E-state index contributed by atoms with van der Waals surface area (Å²) in [5.41, 5.74) is 12.3. The zero-order valence-corrected chi connectivity index (χ0v) is 14.9. The maximum atomic E-state index is 12.7. The Kier molecular flexibility index (Phi) is 6.12. The summed E-state index contributed by atoms with van der Waals surface area (Å²) in [6.45, 7) is 0. The molecule has 0 aliphatic heterocycles. The summed E-state index contributed by atoms with van der Waals surface area (Å²) in [7, 11) is 0. The van der Waals surface area contributed by atoms with Gasteiger partial charge in [-0.2, -0.15) is 0 Å². The van der Waals surface area contributed by atoms with E-state index in [4.69, 9.17) is 23.1 Å². The van der Waals surface area contributed by atoms with Crippen LogP contribution < -0.4 is 16.8 Å². The van der Waals surface area contributed by atoms with E-state index in [0.717, 1.165) is 24.8 Å². The van der Waals surface area contributed by atoms with E-state index in [1.54, 1.807) is 18.2 Å². The van der Waals surface area contributed by atoms with Gasteiger partial charge in [-0.05, 0) is 48.8 Å². The van der Waals surface area contributed by atoms with E-state index in [0.29, 0.717) is 16.9 Å². The molecule has 2 fully saturated rings. The first-order valence-electron chi connectivity index (χ1n) is 8.05. The van der Waals surface area contributed by atoms with Crippen molar-refractivity contribution in [1.82, 2.24) is 5.32 Å². The molecule has 4 unspecified atom stereocenters. The summed E-state index contributed by atoms with van der Waals surface area (Å²) in [4.78, 5) is 24.1. The van der Waals surface area contributed by atoms with Crippen molar-refractivity contribution in [3.63, 3.8) is 0 Å². The molecule has 2 amide bonds. The fourth-order valence-electron chi connectivity index (χ4n) is 4.17. The Morgan fingerprint density at radius 1 is 1.29 bits per heavy atom. The molecule has 2 bridgehead atoms. The monoisotopic (exact) mass is 371 g/mol. The van der Waals surface area contributed by atoms with Gasteiger partial charge in [0.25, 0.3) is 0 Å². The number of fused-ring (bicyclic) bond motifs is 2. The minimum absolute atomic E-state index is 0. The van der Waals surface area contributed by atoms with E-state index < -0.39 is 11.9 Å². The fraction of sp³-hybridized carbons (Fsp3) is 0.529. The topological polar surface area (TPSA) is 98.2 Å². The molecule has 5 nitrogen and oxygen atoms in total. The highest BCUT2D eigenvalue weighted by molar-refractivity contribution is 6.30. The Balaban J connectivity index is 0.00000208. The number of hydrogen-bond donors (Lipinski definition) is 3. The minimum atomic E-state index is -0.468. The number of carbonyl (C=O) groups excluding carboxylic acids is 2. The molecule has 5 atom stereocenters. The lowest BCUT2D eigenvalue weighted by molar-refractivity contribution is -0.128. The molecule has 1 aromatic rings. The molecule has 132 valence electrons. The number of carbonyl (C=O) groups is 2. The summed E-state index contributed by atoms with van der Waals surface area (Å²) in [6, 6.07) is 6.57. The van der Waals surface area contributed by atoms with Gasteiger partial charge in [-0.3, -0.25) is 9.59 Å². The highest BCUT2D eigenvalue weighted by Crippen LogP contribution is 2.47. The van der Waals surface area contributed by atoms with Crippen molar-refractivity contribution in [1.29, 1.82) is 0 Å². The second-order valence-corrected chi connectivity index (χ2v) is 7.16. The Morgan fingerprint density at radius 3 is 2.58 bits per heavy atom. The van der Waals surface area contributed by atoms with Crippen molar-refractivity contribution in [2.75, 3.05) is 0 Å². The fourth-order valence-corrected chi connectivity index (χ4v) is 4.37. The van der Waals surface area contributed by atoms with E-state index in [-0.39, 0.29) is 36.7 Å². The van der Waals surface area contributed by atoms with Crippen LogP contribution in [0.5, 0.6) is 0 Å². The lowest BCUT2D eigenvalue weighted by Crippen LogP contribution is -2.46. The van der Waals surface area contributed by atoms with Gasteiger partial charge in [-0.1, -0.05) is 23.7 Å². The van der Waals surface area contributed by atoms with Gasteiger partial charge >= 0.3 is 0 Å². The van der Waals surface area contributed by atoms with Gasteiger partial charge in [-0.25, -0.2) is 0 Å². The van der Waals surface area contributed by atoms with Crippen LogP contribution in [-0.2, 0) is 9.59 Å². The van der Waals surface area contributed by atoms with Gasteiger partial charge in [0.15, 0.2) is 0 Å². The smallest absolute Gasteiger partial charge is 0.225 e. The maximum Gasteiger partial charge on any atom is 0.225 e. The molecule has 7 heteroatoms. The van der Waals surface area contributed by atoms with Crippen LogP contribution in [0.4, 0.5) is 0 Å². The van der Waals surface area contributed by atoms with Crippen LogP contribution in [0.15, 0.2) is 24.3 Å². The predicted molar refractivity (Wildman–Crippen MR) is 95.7 cm³/mol. The van der Waals surface area contributed by atoms with E-state index in [1.807, 2.05) is 6.07 Å². The number of halogens is 2. The van der Waals surface area contributed by atoms with Crippen molar-refractivity contribution in [2.45, 2.75) is 37.8 Å². The summed E-state index contributed by atoms with van der Waals surface area (Å²) in [6.07, 6.45) is 3.27. The molecule has 0 radical (unpaired) electrons. The number of nitrogens with one attached hydrogen (secondary N) is 1. The SMILES string of the molecule is Cl.NC(=O)C[C@@H](NC(=O)C1C2CCC(C2)C1N)c1cccc(Cl)c1. The van der Waals surface area contributed by atoms with Crippen LogP contribution in [0.2, 0.25) is 5.02 Å². The van der Waals surface area contributed by atoms with E-state index >= 15 is 0 Å². The lowest BCUT2D eigenvalue weighted by atomic mass is 9.84. The quantitative estimate of drug-likeness (QED) is 0.739. The average Bonchev–Trinajstić information content (AvgIpc) is 3.06. The Morgan fingerprint density at radius 2 is 2.00 bits per heavy atom. The summed E-state index contributed by atoms with van der Waals surface area (Å²) >= 11 is 6.01. The highest BCUT2D eigenvalue weighted by atomic mass is 35.5. The summed E-state index contributed by atoms with van der Waals surface area (Å²) in [5.74, 6) is 0.117. The molecule has 2 aliphatic carbocycles. The molecule has 2 saturated carbocycles. The third-order valence-electron chi connectivity index (χ3n) is 5.26. The molecule has 3 rings (SSSR count). The van der Waals surface area contributed by atoms with Crippen molar-refractivity contribution in [3.05, 3.63) is 34.9 Å². The normalized spacial score (nSPS) is 28.9. The van der Waals surface area contributed by atoms with Gasteiger partial charge in [0.1, 0.15) is 0 Å². The zero-order chi connectivity index (χ0) is 16.6. The van der Waals surface area contributed by atoms with Gasteiger partial charge in [0.05, 0.1) is 18.4 Å². The number of primary amides is 1. The van der Waals surface area contributed by atoms with E-state index in [9.17, 15) is 9.59 Å². The maximum absolute atomic E-state index is 12.7. The highest BCUT2D eigenvalue weighted by Gasteiger charge is 2.49. The van der Waals surface area contributed by atoms with Crippen LogP contribution in [-0.4, -0.2) is 17.9 Å². The molecular weight excluding hydrogens is 349 g/mol. The Bertz CT molecular complexity index is 624. The van der Waals surface area contributed by atoms with Crippen molar-refractivity contribution >= 4 is 35.8 Å². The lowest BCUT2D eigenvalue weighted by Gasteiger charge is -2.29. The molecule has 0 saturated heterocycles. The first kappa shape index (κ1) is 19.0. The third kappa shape index (κ3) is 3.85. The largest absolute Gasteiger partial charge is 0.370 e. The molecule has 0 aromatic heterocycles. The van der Waals surface area contributed by atoms with Gasteiger partial charge < -0.3 is 16.8 Å². The molecule has 5 N–H and O–H groups in total. The summed E-state index contributed by atoms with van der Waals surface area (Å²) in [5, 5.41) is 3.53. The van der Waals surface area contributed by atoms with Gasteiger partial charge in [0, 0.05) is 11.1 Å². The molecule has 0 heterocycles. The third-order valence-corrected chi connectivity index (χ3v) is 5.49. The van der Waals surface area contributed by atoms with Crippen molar-refractivity contribution in [3.8, 4) is 0 Å². The van der Waals surface area contributed by atoms with Gasteiger partial charge in [0.2, 0.25) is 11.8 Å². The average molecular weight is 372 g/mol. The molecular formula is C17H23Cl2N3O2. The predicted octanol–water partition coefficient (Wildman–Crippen LogP) is 2.17. The Hall–Kier alpha value is -1.30. The van der Waals surface area contributed by atoms with Crippen molar-refractivity contribution < 1.29 is 9.59 Å². The van der Waals surface area contributed by atoms with Crippen molar-refractivity contribution in [2.24, 2.45) is 29.2 Å². The van der Waals surface area contributed by atoms with E-state index in [2.05, 4.69) is 5.32 Å². The summed E-state index contributed by atoms with van der Waals surface area (Å²) < 4.78 is 0. The molecule has 1 aromatic carbocycles. The second-order valence-electron chi connectivity index (χ2n) is 6.72. The zero-order valence-electron chi connectivity index (χ0n) is 13.3. The van der Waals surface area contributed by atoms with Gasteiger partial charge in [-0.15, -0.1) is 12.4 Å².